The maximum atomic E-state index is 12.2. The van der Waals surface area contributed by atoms with E-state index in [2.05, 4.69) is 0 Å². The van der Waals surface area contributed by atoms with Crippen molar-refractivity contribution >= 4 is 23.2 Å². The lowest BCUT2D eigenvalue weighted by atomic mass is 10.00. The van der Waals surface area contributed by atoms with Crippen LogP contribution in [0.4, 0.5) is 13.2 Å². The Morgan fingerprint density at radius 3 is 2.26 bits per heavy atom. The monoisotopic (exact) mass is 291 g/mol. The van der Waals surface area contributed by atoms with E-state index in [1.54, 1.807) is 30.3 Å². The van der Waals surface area contributed by atoms with Crippen molar-refractivity contribution in [1.82, 2.24) is 0 Å². The van der Waals surface area contributed by atoms with Crippen LogP contribution in [-0.4, -0.2) is 11.3 Å². The molecule has 0 aliphatic carbocycles. The Kier molecular flexibility index (Phi) is 4.66. The third kappa shape index (κ3) is 4.01. The van der Waals surface area contributed by atoms with Gasteiger partial charge in [-0.1, -0.05) is 18.2 Å². The van der Waals surface area contributed by atoms with Gasteiger partial charge in [0, 0.05) is 6.04 Å². The van der Waals surface area contributed by atoms with Gasteiger partial charge >= 0.3 is 6.18 Å². The maximum absolute atomic E-state index is 12.2. The van der Waals surface area contributed by atoms with Crippen molar-refractivity contribution in [3.8, 4) is 5.75 Å². The molecule has 0 saturated carbocycles. The molecular weight excluding hydrogens is 279 g/mol. The fourth-order valence-electron chi connectivity index (χ4n) is 1.85. The minimum Gasteiger partial charge on any atom is -0.508 e. The second-order valence-electron chi connectivity index (χ2n) is 4.22. The zero-order valence-corrected chi connectivity index (χ0v) is 10.6. The molecule has 0 aliphatic rings. The average Bonchev–Trinajstić information content (AvgIpc) is 2.26. The van der Waals surface area contributed by atoms with Crippen molar-refractivity contribution < 1.29 is 18.3 Å². The number of fused-ring (bicyclic) bond motifs is 1. The normalized spacial score (nSPS) is 13.1. The lowest BCUT2D eigenvalue weighted by Crippen LogP contribution is -2.20. The standard InChI is InChI=1S/C13H12F3NO.ClH/c14-13(15,16)7-12(17)10-2-1-9-6-11(18)4-3-8(9)5-10;/h1-6,12,18H,7,17H2;1H/t12-;/m0./s1. The molecule has 0 heterocycles. The summed E-state index contributed by atoms with van der Waals surface area (Å²) < 4.78 is 36.7. The maximum Gasteiger partial charge on any atom is 0.390 e. The Bertz CT molecular complexity index is 571. The van der Waals surface area contributed by atoms with E-state index in [0.717, 1.165) is 10.8 Å². The summed E-state index contributed by atoms with van der Waals surface area (Å²) in [7, 11) is 0. The number of rotatable bonds is 2. The summed E-state index contributed by atoms with van der Waals surface area (Å²) in [5.41, 5.74) is 5.97. The Morgan fingerprint density at radius 1 is 1.05 bits per heavy atom. The van der Waals surface area contributed by atoms with Crippen LogP contribution in [0.5, 0.6) is 5.75 Å². The van der Waals surface area contributed by atoms with Crippen LogP contribution in [0, 0.1) is 0 Å². The predicted molar refractivity (Wildman–Crippen MR) is 70.5 cm³/mol. The third-order valence-electron chi connectivity index (χ3n) is 2.73. The zero-order valence-electron chi connectivity index (χ0n) is 9.82. The van der Waals surface area contributed by atoms with Gasteiger partial charge in [-0.05, 0) is 34.5 Å². The molecule has 0 saturated heterocycles. The van der Waals surface area contributed by atoms with Crippen molar-refractivity contribution in [3.63, 3.8) is 0 Å². The summed E-state index contributed by atoms with van der Waals surface area (Å²) in [6.45, 7) is 0. The molecule has 3 N–H and O–H groups in total. The SMILES string of the molecule is Cl.N[C@@H](CC(F)(F)F)c1ccc2cc(O)ccc2c1. The summed E-state index contributed by atoms with van der Waals surface area (Å²) in [4.78, 5) is 0. The number of phenolic OH excluding ortho intramolecular Hbond substituents is 1. The van der Waals surface area contributed by atoms with E-state index in [-0.39, 0.29) is 18.2 Å². The number of benzene rings is 2. The number of phenols is 1. The van der Waals surface area contributed by atoms with Gasteiger partial charge in [0.25, 0.3) is 0 Å². The van der Waals surface area contributed by atoms with E-state index < -0.39 is 18.6 Å². The van der Waals surface area contributed by atoms with Gasteiger partial charge < -0.3 is 10.8 Å². The second-order valence-corrected chi connectivity index (χ2v) is 4.22. The molecule has 104 valence electrons. The van der Waals surface area contributed by atoms with Gasteiger partial charge in [0.2, 0.25) is 0 Å². The molecule has 0 bridgehead atoms. The highest BCUT2D eigenvalue weighted by atomic mass is 35.5. The van der Waals surface area contributed by atoms with Crippen LogP contribution in [-0.2, 0) is 0 Å². The Morgan fingerprint density at radius 2 is 1.63 bits per heavy atom. The van der Waals surface area contributed by atoms with E-state index in [1.807, 2.05) is 0 Å². The summed E-state index contributed by atoms with van der Waals surface area (Å²) in [6, 6.07) is 8.44. The lowest BCUT2D eigenvalue weighted by Gasteiger charge is -2.15. The van der Waals surface area contributed by atoms with Crippen molar-refractivity contribution in [1.29, 1.82) is 0 Å². The Labute approximate surface area is 114 Å². The van der Waals surface area contributed by atoms with Gasteiger partial charge in [-0.3, -0.25) is 0 Å². The summed E-state index contributed by atoms with van der Waals surface area (Å²) in [5.74, 6) is 0.120. The molecule has 2 aromatic rings. The minimum absolute atomic E-state index is 0. The molecule has 0 amide bonds. The predicted octanol–water partition coefficient (Wildman–Crippen LogP) is 3.92. The van der Waals surface area contributed by atoms with E-state index >= 15 is 0 Å². The van der Waals surface area contributed by atoms with Crippen molar-refractivity contribution in [3.05, 3.63) is 42.0 Å². The van der Waals surface area contributed by atoms with Crippen LogP contribution in [0.25, 0.3) is 10.8 Å². The van der Waals surface area contributed by atoms with Crippen LogP contribution in [0.1, 0.15) is 18.0 Å². The molecule has 2 aromatic carbocycles. The van der Waals surface area contributed by atoms with Gasteiger partial charge in [0.1, 0.15) is 5.75 Å². The largest absolute Gasteiger partial charge is 0.508 e. The highest BCUT2D eigenvalue weighted by molar-refractivity contribution is 5.85. The van der Waals surface area contributed by atoms with Crippen LogP contribution < -0.4 is 5.73 Å². The molecule has 0 spiro atoms. The zero-order chi connectivity index (χ0) is 13.3. The summed E-state index contributed by atoms with van der Waals surface area (Å²) in [6.07, 6.45) is -5.32. The Hall–Kier alpha value is -1.46. The van der Waals surface area contributed by atoms with Crippen LogP contribution in [0.2, 0.25) is 0 Å². The first-order chi connectivity index (χ1) is 8.35. The van der Waals surface area contributed by atoms with E-state index in [0.29, 0.717) is 5.56 Å². The average molecular weight is 292 g/mol. The number of nitrogens with two attached hydrogens (primary N) is 1. The van der Waals surface area contributed by atoms with Gasteiger partial charge in [0.15, 0.2) is 0 Å². The smallest absolute Gasteiger partial charge is 0.390 e. The molecule has 0 unspecified atom stereocenters. The van der Waals surface area contributed by atoms with Gasteiger partial charge in [-0.15, -0.1) is 12.4 Å². The van der Waals surface area contributed by atoms with Crippen LogP contribution in [0.3, 0.4) is 0 Å². The number of halogens is 4. The summed E-state index contributed by atoms with van der Waals surface area (Å²) in [5, 5.41) is 10.8. The molecule has 0 fully saturated rings. The van der Waals surface area contributed by atoms with Crippen molar-refractivity contribution in [2.45, 2.75) is 18.6 Å². The second kappa shape index (κ2) is 5.67. The highest BCUT2D eigenvalue weighted by Gasteiger charge is 2.30. The molecule has 0 radical (unpaired) electrons. The number of hydrogen-bond donors (Lipinski definition) is 2. The van der Waals surface area contributed by atoms with Crippen molar-refractivity contribution in [2.24, 2.45) is 5.73 Å². The van der Waals surface area contributed by atoms with E-state index in [4.69, 9.17) is 5.73 Å². The van der Waals surface area contributed by atoms with Gasteiger partial charge in [-0.25, -0.2) is 0 Å². The first-order valence-corrected chi connectivity index (χ1v) is 5.40. The van der Waals surface area contributed by atoms with Crippen LogP contribution in [0.15, 0.2) is 36.4 Å². The highest BCUT2D eigenvalue weighted by Crippen LogP contribution is 2.30. The molecule has 2 rings (SSSR count). The molecular formula is C13H13ClF3NO. The first kappa shape index (κ1) is 15.6. The molecule has 1 atom stereocenters. The fraction of sp³-hybridized carbons (Fsp3) is 0.231. The molecule has 19 heavy (non-hydrogen) atoms. The Balaban J connectivity index is 0.00000180. The van der Waals surface area contributed by atoms with Crippen molar-refractivity contribution in [2.75, 3.05) is 0 Å². The number of alkyl halides is 3. The quantitative estimate of drug-likeness (QED) is 0.881. The topological polar surface area (TPSA) is 46.2 Å². The molecule has 6 heteroatoms. The van der Waals surface area contributed by atoms with Gasteiger partial charge in [0.05, 0.1) is 6.42 Å². The minimum atomic E-state index is -4.27. The van der Waals surface area contributed by atoms with Crippen LogP contribution >= 0.6 is 12.4 Å². The van der Waals surface area contributed by atoms with E-state index in [9.17, 15) is 18.3 Å². The first-order valence-electron chi connectivity index (χ1n) is 5.40. The van der Waals surface area contributed by atoms with E-state index in [1.165, 1.54) is 6.07 Å². The lowest BCUT2D eigenvalue weighted by molar-refractivity contribution is -0.138. The number of aromatic hydroxyl groups is 1. The molecule has 2 nitrogen and oxygen atoms in total. The summed E-state index contributed by atoms with van der Waals surface area (Å²) >= 11 is 0. The third-order valence-corrected chi connectivity index (χ3v) is 2.73. The fourth-order valence-corrected chi connectivity index (χ4v) is 1.85. The van der Waals surface area contributed by atoms with Gasteiger partial charge in [-0.2, -0.15) is 13.2 Å². The molecule has 0 aromatic heterocycles. The molecule has 0 aliphatic heterocycles. The number of hydrogen-bond acceptors (Lipinski definition) is 2.